The number of nitro benzene ring substituents is 1. The van der Waals surface area contributed by atoms with Gasteiger partial charge in [0.25, 0.3) is 11.6 Å². The number of amides is 1. The highest BCUT2D eigenvalue weighted by atomic mass is 16.6. The second-order valence-electron chi connectivity index (χ2n) is 4.87. The summed E-state index contributed by atoms with van der Waals surface area (Å²) in [6.07, 6.45) is 0.991. The molecule has 0 saturated heterocycles. The van der Waals surface area contributed by atoms with E-state index in [1.165, 1.54) is 32.5 Å². The number of hydrogen-bond donors (Lipinski definition) is 2. The summed E-state index contributed by atoms with van der Waals surface area (Å²) < 4.78 is 10.4. The highest BCUT2D eigenvalue weighted by Crippen LogP contribution is 2.42. The Kier molecular flexibility index (Phi) is 5.32. The number of rotatable bonds is 7. The molecule has 2 N–H and O–H groups in total. The lowest BCUT2D eigenvalue weighted by molar-refractivity contribution is -0.383. The van der Waals surface area contributed by atoms with Crippen molar-refractivity contribution in [3.63, 3.8) is 0 Å². The van der Waals surface area contributed by atoms with Gasteiger partial charge in [-0.05, 0) is 6.07 Å². The Hall–Kier alpha value is -3.43. The normalized spacial score (nSPS) is 10.3. The van der Waals surface area contributed by atoms with Crippen molar-refractivity contribution in [2.45, 2.75) is 6.42 Å². The average molecular weight is 349 g/mol. The van der Waals surface area contributed by atoms with E-state index in [1.807, 2.05) is 0 Å². The first-order chi connectivity index (χ1) is 11.9. The number of fused-ring (bicyclic) bond motifs is 1. The Morgan fingerprint density at radius 3 is 2.64 bits per heavy atom. The van der Waals surface area contributed by atoms with Crippen LogP contribution in [0.15, 0.2) is 18.3 Å². The van der Waals surface area contributed by atoms with E-state index in [0.717, 1.165) is 0 Å². The van der Waals surface area contributed by atoms with Crippen LogP contribution in [-0.4, -0.2) is 47.7 Å². The lowest BCUT2D eigenvalue weighted by atomic mass is 10.1. The summed E-state index contributed by atoms with van der Waals surface area (Å²) in [5.41, 5.74) is -0.392. The molecule has 0 fully saturated rings. The molecule has 0 radical (unpaired) electrons. The smallest absolute Gasteiger partial charge is 0.305 e. The maximum atomic E-state index is 12.4. The number of non-ortho nitro benzene ring substituents is 1. The molecule has 0 saturated carbocycles. The first-order valence-corrected chi connectivity index (χ1v) is 7.08. The van der Waals surface area contributed by atoms with Crippen molar-refractivity contribution in [1.82, 2.24) is 10.3 Å². The van der Waals surface area contributed by atoms with Crippen LogP contribution in [0.4, 0.5) is 5.69 Å². The number of carbonyl (C=O) groups excluding carboxylic acids is 1. The molecule has 0 aliphatic heterocycles. The molecular formula is C15H15N3O7. The third-order valence-electron chi connectivity index (χ3n) is 3.41. The average Bonchev–Trinajstić information content (AvgIpc) is 2.58. The van der Waals surface area contributed by atoms with Crippen LogP contribution in [0, 0.1) is 10.1 Å². The molecule has 2 aromatic rings. The van der Waals surface area contributed by atoms with Crippen molar-refractivity contribution in [1.29, 1.82) is 0 Å². The molecule has 25 heavy (non-hydrogen) atoms. The predicted molar refractivity (Wildman–Crippen MR) is 86.1 cm³/mol. The van der Waals surface area contributed by atoms with Gasteiger partial charge in [-0.1, -0.05) is 0 Å². The van der Waals surface area contributed by atoms with Gasteiger partial charge in [0.05, 0.1) is 42.4 Å². The fourth-order valence-corrected chi connectivity index (χ4v) is 2.34. The third kappa shape index (κ3) is 3.57. The molecule has 1 aromatic carbocycles. The molecule has 0 atom stereocenters. The summed E-state index contributed by atoms with van der Waals surface area (Å²) in [5, 5.41) is 22.7. The number of pyridine rings is 1. The molecule has 1 heterocycles. The van der Waals surface area contributed by atoms with Gasteiger partial charge < -0.3 is 19.9 Å². The maximum Gasteiger partial charge on any atom is 0.305 e. The number of aromatic nitrogens is 1. The number of aliphatic carboxylic acids is 1. The maximum absolute atomic E-state index is 12.4. The molecule has 10 nitrogen and oxygen atoms in total. The van der Waals surface area contributed by atoms with Crippen molar-refractivity contribution >= 4 is 28.3 Å². The first-order valence-electron chi connectivity index (χ1n) is 7.08. The topological polar surface area (TPSA) is 141 Å². The zero-order valence-electron chi connectivity index (χ0n) is 13.4. The number of nitrogens with zero attached hydrogens (tertiary/aromatic N) is 2. The molecule has 0 unspecified atom stereocenters. The van der Waals surface area contributed by atoms with Crippen LogP contribution in [0.3, 0.4) is 0 Å². The van der Waals surface area contributed by atoms with E-state index in [-0.39, 0.29) is 46.6 Å². The summed E-state index contributed by atoms with van der Waals surface area (Å²) >= 11 is 0. The Morgan fingerprint density at radius 2 is 2.08 bits per heavy atom. The Bertz CT molecular complexity index is 851. The van der Waals surface area contributed by atoms with E-state index >= 15 is 0 Å². The number of carbonyl (C=O) groups is 2. The second kappa shape index (κ2) is 7.43. The number of nitro groups is 1. The molecule has 2 rings (SSSR count). The fourth-order valence-electron chi connectivity index (χ4n) is 2.34. The van der Waals surface area contributed by atoms with Crippen molar-refractivity contribution in [2.24, 2.45) is 0 Å². The van der Waals surface area contributed by atoms with Crippen molar-refractivity contribution in [3.8, 4) is 11.5 Å². The van der Waals surface area contributed by atoms with Gasteiger partial charge in [0.2, 0.25) is 0 Å². The second-order valence-corrected chi connectivity index (χ2v) is 4.87. The minimum absolute atomic E-state index is 0.0780. The van der Waals surface area contributed by atoms with E-state index in [2.05, 4.69) is 10.3 Å². The Labute approximate surface area is 141 Å². The number of carboxylic acids is 1. The van der Waals surface area contributed by atoms with Gasteiger partial charge in [0, 0.05) is 12.7 Å². The molecule has 0 bridgehead atoms. The van der Waals surface area contributed by atoms with Crippen LogP contribution < -0.4 is 14.8 Å². The van der Waals surface area contributed by atoms with Crippen molar-refractivity contribution < 1.29 is 29.1 Å². The summed E-state index contributed by atoms with van der Waals surface area (Å²) in [6.45, 7) is -0.111. The monoisotopic (exact) mass is 349 g/mol. The minimum atomic E-state index is -1.07. The molecule has 0 spiro atoms. The highest BCUT2D eigenvalue weighted by Gasteiger charge is 2.25. The van der Waals surface area contributed by atoms with Gasteiger partial charge >= 0.3 is 5.97 Å². The minimum Gasteiger partial charge on any atom is -0.493 e. The SMILES string of the molecule is COc1cc([N+](=O)[O-])c2ccnc(C(=O)NCCC(=O)O)c2c1OC. The molecule has 1 aromatic heterocycles. The summed E-state index contributed by atoms with van der Waals surface area (Å²) in [7, 11) is 2.65. The Balaban J connectivity index is 2.64. The van der Waals surface area contributed by atoms with Crippen LogP contribution in [0.5, 0.6) is 11.5 Å². The van der Waals surface area contributed by atoms with E-state index in [4.69, 9.17) is 14.6 Å². The standard InChI is InChI=1S/C15H15N3O7/c1-24-10-7-9(18(22)23)8-3-5-16-13(12(8)14(10)25-2)15(21)17-6-4-11(19)20/h3,5,7H,4,6H2,1-2H3,(H,17,21)(H,19,20). The number of ether oxygens (including phenoxy) is 2. The van der Waals surface area contributed by atoms with Gasteiger partial charge in [-0.2, -0.15) is 0 Å². The number of methoxy groups -OCH3 is 2. The summed E-state index contributed by atoms with van der Waals surface area (Å²) in [4.78, 5) is 37.6. The lowest BCUT2D eigenvalue weighted by Gasteiger charge is -2.13. The van der Waals surface area contributed by atoms with Crippen molar-refractivity contribution in [2.75, 3.05) is 20.8 Å². The highest BCUT2D eigenvalue weighted by molar-refractivity contribution is 6.11. The molecule has 0 aliphatic rings. The number of hydrogen-bond acceptors (Lipinski definition) is 7. The molecule has 0 aliphatic carbocycles. The summed E-state index contributed by atoms with van der Waals surface area (Å²) in [6, 6.07) is 2.59. The molecule has 1 amide bonds. The van der Waals surface area contributed by atoms with Gasteiger partial charge in [0.15, 0.2) is 11.5 Å². The van der Waals surface area contributed by atoms with Crippen LogP contribution in [-0.2, 0) is 4.79 Å². The van der Waals surface area contributed by atoms with Crippen molar-refractivity contribution in [3.05, 3.63) is 34.1 Å². The quantitative estimate of drug-likeness (QED) is 0.564. The van der Waals surface area contributed by atoms with Gasteiger partial charge in [-0.3, -0.25) is 24.7 Å². The molecule has 10 heteroatoms. The van der Waals surface area contributed by atoms with Crippen LogP contribution in [0.1, 0.15) is 16.9 Å². The van der Waals surface area contributed by atoms with Gasteiger partial charge in [-0.25, -0.2) is 0 Å². The van der Waals surface area contributed by atoms with Gasteiger partial charge in [0.1, 0.15) is 5.69 Å². The van der Waals surface area contributed by atoms with E-state index in [9.17, 15) is 19.7 Å². The van der Waals surface area contributed by atoms with Gasteiger partial charge in [-0.15, -0.1) is 0 Å². The zero-order valence-corrected chi connectivity index (χ0v) is 13.4. The first kappa shape index (κ1) is 17.9. The Morgan fingerprint density at radius 1 is 1.36 bits per heavy atom. The number of nitrogens with one attached hydrogen (secondary N) is 1. The number of benzene rings is 1. The summed E-state index contributed by atoms with van der Waals surface area (Å²) in [5.74, 6) is -1.54. The number of carboxylic acid groups (broad SMARTS) is 1. The van der Waals surface area contributed by atoms with E-state index in [1.54, 1.807) is 0 Å². The van der Waals surface area contributed by atoms with Crippen LogP contribution >= 0.6 is 0 Å². The third-order valence-corrected chi connectivity index (χ3v) is 3.41. The molecule has 132 valence electrons. The predicted octanol–water partition coefficient (Wildman–Crippen LogP) is 1.36. The van der Waals surface area contributed by atoms with Crippen LogP contribution in [0.25, 0.3) is 10.8 Å². The van der Waals surface area contributed by atoms with E-state index in [0.29, 0.717) is 0 Å². The fraction of sp³-hybridized carbons (Fsp3) is 0.267. The largest absolute Gasteiger partial charge is 0.493 e. The molecular weight excluding hydrogens is 334 g/mol. The van der Waals surface area contributed by atoms with E-state index < -0.39 is 16.8 Å². The lowest BCUT2D eigenvalue weighted by Crippen LogP contribution is -2.27. The zero-order chi connectivity index (χ0) is 18.6. The van der Waals surface area contributed by atoms with Crippen LogP contribution in [0.2, 0.25) is 0 Å².